The van der Waals surface area contributed by atoms with Crippen LogP contribution >= 0.6 is 22.6 Å². The number of urea groups is 2. The van der Waals surface area contributed by atoms with Gasteiger partial charge in [-0.15, -0.1) is 0 Å². The van der Waals surface area contributed by atoms with Crippen LogP contribution in [0, 0.1) is 13.8 Å². The summed E-state index contributed by atoms with van der Waals surface area (Å²) in [6, 6.07) is 23.2. The van der Waals surface area contributed by atoms with Gasteiger partial charge in [-0.25, -0.2) is 14.6 Å². The van der Waals surface area contributed by atoms with Crippen molar-refractivity contribution in [2.45, 2.75) is 18.3 Å². The zero-order chi connectivity index (χ0) is 27.4. The summed E-state index contributed by atoms with van der Waals surface area (Å²) in [5, 5.41) is 9.79. The van der Waals surface area contributed by atoms with E-state index in [9.17, 15) is 9.59 Å². The van der Waals surface area contributed by atoms with Crippen LogP contribution < -0.4 is 20.9 Å². The zero-order valence-electron chi connectivity index (χ0n) is 22.0. The summed E-state index contributed by atoms with van der Waals surface area (Å²) < 4.78 is 0.866. The maximum Gasteiger partial charge on any atom is 0.324 e. The molecule has 0 radical (unpaired) electrons. The molecule has 1 aliphatic rings. The molecule has 0 aliphatic carbocycles. The van der Waals surface area contributed by atoms with Crippen molar-refractivity contribution in [3.63, 3.8) is 0 Å². The number of nitrogens with one attached hydrogen (secondary N) is 3. The average molecular weight is 635 g/mol. The third-order valence-corrected chi connectivity index (χ3v) is 7.65. The highest BCUT2D eigenvalue weighted by molar-refractivity contribution is 14.1. The van der Waals surface area contributed by atoms with Gasteiger partial charge < -0.3 is 20.4 Å². The Kier molecular flexibility index (Phi) is 8.16. The Hall–Kier alpha value is -3.86. The van der Waals surface area contributed by atoms with Crippen LogP contribution in [0.25, 0.3) is 10.9 Å². The fourth-order valence-electron chi connectivity index (χ4n) is 4.57. The largest absolute Gasteiger partial charge is 0.367 e. The highest BCUT2D eigenvalue weighted by atomic mass is 127. The Morgan fingerprint density at radius 3 is 2.03 bits per heavy atom. The number of carbonyl (C=O) groups excluding carboxylic acids is 2. The second-order valence-corrected chi connectivity index (χ2v) is 10.5. The molecule has 8 nitrogen and oxygen atoms in total. The molecule has 0 unspecified atom stereocenters. The smallest absolute Gasteiger partial charge is 0.324 e. The van der Waals surface area contributed by atoms with Crippen LogP contribution in [0.5, 0.6) is 0 Å². The Labute approximate surface area is 241 Å². The van der Waals surface area contributed by atoms with Crippen LogP contribution in [0.1, 0.15) is 16.7 Å². The highest BCUT2D eigenvalue weighted by Gasteiger charge is 2.23. The van der Waals surface area contributed by atoms with Crippen LogP contribution in [0.3, 0.4) is 0 Å². The lowest BCUT2D eigenvalue weighted by molar-refractivity contribution is 0.208. The van der Waals surface area contributed by atoms with Crippen LogP contribution in [0.2, 0.25) is 0 Å². The number of rotatable bonds is 5. The molecule has 4 aromatic rings. The number of piperazine rings is 1. The SMILES string of the molecule is Cc1ccc(NC(=O)Nc2cc(N3CCN(C(=O)Nc4ccc(C)cc4)CC3)c3ccc(CI)cc3n2)cc1. The fraction of sp³-hybridized carbons (Fsp3) is 0.233. The van der Waals surface area contributed by atoms with Crippen molar-refractivity contribution in [2.24, 2.45) is 0 Å². The van der Waals surface area contributed by atoms with E-state index in [0.29, 0.717) is 37.7 Å². The van der Waals surface area contributed by atoms with Gasteiger partial charge in [-0.2, -0.15) is 0 Å². The van der Waals surface area contributed by atoms with E-state index in [1.54, 1.807) is 0 Å². The van der Waals surface area contributed by atoms with Gasteiger partial charge in [0.2, 0.25) is 0 Å². The predicted molar refractivity (Wildman–Crippen MR) is 167 cm³/mol. The molecule has 39 heavy (non-hydrogen) atoms. The summed E-state index contributed by atoms with van der Waals surface area (Å²) in [6.07, 6.45) is 0. The normalized spacial score (nSPS) is 13.3. The second-order valence-electron chi connectivity index (χ2n) is 9.73. The third kappa shape index (κ3) is 6.59. The highest BCUT2D eigenvalue weighted by Crippen LogP contribution is 2.31. The number of hydrogen-bond acceptors (Lipinski definition) is 4. The minimum atomic E-state index is -0.348. The second kappa shape index (κ2) is 11.9. The molecule has 1 aliphatic heterocycles. The number of aryl methyl sites for hydroxylation is 2. The molecule has 4 amide bonds. The van der Waals surface area contributed by atoms with E-state index >= 15 is 0 Å². The summed E-state index contributed by atoms with van der Waals surface area (Å²) in [7, 11) is 0. The number of halogens is 1. The number of amides is 4. The molecular weight excluding hydrogens is 603 g/mol. The third-order valence-electron chi connectivity index (χ3n) is 6.77. The van der Waals surface area contributed by atoms with Gasteiger partial charge in [0.1, 0.15) is 5.82 Å². The van der Waals surface area contributed by atoms with E-state index in [2.05, 4.69) is 61.6 Å². The molecule has 0 bridgehead atoms. The lowest BCUT2D eigenvalue weighted by Gasteiger charge is -2.36. The van der Waals surface area contributed by atoms with E-state index < -0.39 is 0 Å². The van der Waals surface area contributed by atoms with Gasteiger partial charge in [0.25, 0.3) is 0 Å². The van der Waals surface area contributed by atoms with Gasteiger partial charge >= 0.3 is 12.1 Å². The zero-order valence-corrected chi connectivity index (χ0v) is 24.2. The summed E-state index contributed by atoms with van der Waals surface area (Å²) in [5.74, 6) is 0.479. The number of pyridine rings is 1. The van der Waals surface area contributed by atoms with Crippen molar-refractivity contribution in [3.8, 4) is 0 Å². The standard InChI is InChI=1S/C30H31IN6O2/c1-20-3-8-23(9-4-20)32-29(38)35-28-18-27(25-12-7-22(19-31)17-26(25)34-28)36-13-15-37(16-14-36)30(39)33-24-10-5-21(2)6-11-24/h3-12,17-18H,13-16,19H2,1-2H3,(H,33,39)(H2,32,34,35,38). The van der Waals surface area contributed by atoms with Crippen LogP contribution in [-0.2, 0) is 4.43 Å². The summed E-state index contributed by atoms with van der Waals surface area (Å²) >= 11 is 2.34. The van der Waals surface area contributed by atoms with E-state index in [1.165, 1.54) is 5.56 Å². The van der Waals surface area contributed by atoms with Gasteiger partial charge in [-0.05, 0) is 49.7 Å². The molecule has 0 atom stereocenters. The van der Waals surface area contributed by atoms with Crippen molar-refractivity contribution >= 4 is 68.4 Å². The topological polar surface area (TPSA) is 89.6 Å². The number of fused-ring (bicyclic) bond motifs is 1. The molecule has 1 aromatic heterocycles. The molecule has 5 rings (SSSR count). The Morgan fingerprint density at radius 1 is 0.795 bits per heavy atom. The first-order valence-electron chi connectivity index (χ1n) is 12.9. The van der Waals surface area contributed by atoms with Crippen molar-refractivity contribution < 1.29 is 9.59 Å². The van der Waals surface area contributed by atoms with Gasteiger partial charge in [-0.1, -0.05) is 70.1 Å². The molecule has 0 saturated carbocycles. The first kappa shape index (κ1) is 26.7. The molecule has 1 fully saturated rings. The van der Waals surface area contributed by atoms with Gasteiger partial charge in [-0.3, -0.25) is 5.32 Å². The molecular formula is C30H31IN6O2. The molecule has 0 spiro atoms. The average Bonchev–Trinajstić information content (AvgIpc) is 2.94. The Bertz CT molecular complexity index is 1480. The predicted octanol–water partition coefficient (Wildman–Crippen LogP) is 6.78. The quantitative estimate of drug-likeness (QED) is 0.167. The van der Waals surface area contributed by atoms with Crippen LogP contribution in [-0.4, -0.2) is 48.1 Å². The lowest BCUT2D eigenvalue weighted by atomic mass is 10.1. The number of nitrogens with zero attached hydrogens (tertiary/aromatic N) is 3. The number of hydrogen-bond donors (Lipinski definition) is 3. The maximum absolute atomic E-state index is 12.9. The fourth-order valence-corrected chi connectivity index (χ4v) is 5.04. The summed E-state index contributed by atoms with van der Waals surface area (Å²) in [5.41, 5.74) is 6.76. The first-order chi connectivity index (χ1) is 18.9. The monoisotopic (exact) mass is 634 g/mol. The molecule has 9 heteroatoms. The van der Waals surface area contributed by atoms with E-state index in [0.717, 1.165) is 37.8 Å². The summed E-state index contributed by atoms with van der Waals surface area (Å²) in [4.78, 5) is 34.5. The number of alkyl halides is 1. The lowest BCUT2D eigenvalue weighted by Crippen LogP contribution is -2.50. The number of carbonyl (C=O) groups is 2. The molecule has 3 N–H and O–H groups in total. The van der Waals surface area contributed by atoms with Gasteiger partial charge in [0, 0.05) is 59.1 Å². The molecule has 1 saturated heterocycles. The molecule has 2 heterocycles. The van der Waals surface area contributed by atoms with Crippen molar-refractivity contribution in [3.05, 3.63) is 89.5 Å². The van der Waals surface area contributed by atoms with Crippen molar-refractivity contribution in [1.82, 2.24) is 9.88 Å². The minimum absolute atomic E-state index is 0.0973. The Balaban J connectivity index is 1.32. The first-order valence-corrected chi connectivity index (χ1v) is 14.4. The van der Waals surface area contributed by atoms with E-state index in [1.807, 2.05) is 73.3 Å². The number of benzene rings is 3. The number of anilines is 4. The Morgan fingerprint density at radius 2 is 1.41 bits per heavy atom. The van der Waals surface area contributed by atoms with Gasteiger partial charge in [0.15, 0.2) is 0 Å². The van der Waals surface area contributed by atoms with Crippen LogP contribution in [0.4, 0.5) is 32.5 Å². The molecule has 3 aromatic carbocycles. The maximum atomic E-state index is 12.9. The number of aromatic nitrogens is 1. The summed E-state index contributed by atoms with van der Waals surface area (Å²) in [6.45, 7) is 6.54. The van der Waals surface area contributed by atoms with E-state index in [4.69, 9.17) is 4.98 Å². The van der Waals surface area contributed by atoms with Crippen molar-refractivity contribution in [2.75, 3.05) is 47.0 Å². The van der Waals surface area contributed by atoms with Crippen molar-refractivity contribution in [1.29, 1.82) is 0 Å². The molecule has 200 valence electrons. The van der Waals surface area contributed by atoms with Crippen LogP contribution in [0.15, 0.2) is 72.8 Å². The van der Waals surface area contributed by atoms with E-state index in [-0.39, 0.29) is 12.1 Å². The minimum Gasteiger partial charge on any atom is -0.367 e. The van der Waals surface area contributed by atoms with Gasteiger partial charge in [0.05, 0.1) is 5.52 Å².